The lowest BCUT2D eigenvalue weighted by Gasteiger charge is -2.25. The summed E-state index contributed by atoms with van der Waals surface area (Å²) in [6.45, 7) is 0.397. The highest BCUT2D eigenvalue weighted by Gasteiger charge is 2.42. The maximum absolute atomic E-state index is 13.9. The maximum atomic E-state index is 13.9. The fourth-order valence-electron chi connectivity index (χ4n) is 4.25. The topological polar surface area (TPSA) is 59.8 Å². The number of methoxy groups -OCH3 is 1. The molecule has 0 fully saturated rings. The Kier molecular flexibility index (Phi) is 4.98. The van der Waals surface area contributed by atoms with Crippen molar-refractivity contribution < 1.29 is 18.3 Å². The van der Waals surface area contributed by atoms with E-state index in [-0.39, 0.29) is 28.2 Å². The molecular weight excluding hydrogens is 409 g/mol. The van der Waals surface area contributed by atoms with Gasteiger partial charge in [-0.3, -0.25) is 9.59 Å². The first-order valence-corrected chi connectivity index (χ1v) is 10.3. The van der Waals surface area contributed by atoms with Gasteiger partial charge in [-0.1, -0.05) is 42.5 Å². The van der Waals surface area contributed by atoms with Crippen LogP contribution in [0.15, 0.2) is 82.0 Å². The highest BCUT2D eigenvalue weighted by molar-refractivity contribution is 5.99. The van der Waals surface area contributed by atoms with Crippen molar-refractivity contribution in [2.24, 2.45) is 0 Å². The average Bonchev–Trinajstić information content (AvgIpc) is 3.10. The van der Waals surface area contributed by atoms with Gasteiger partial charge in [0.1, 0.15) is 17.1 Å². The minimum absolute atomic E-state index is 0.0167. The molecule has 0 radical (unpaired) electrons. The Morgan fingerprint density at radius 1 is 1.00 bits per heavy atom. The number of halogens is 1. The third-order valence-electron chi connectivity index (χ3n) is 5.84. The van der Waals surface area contributed by atoms with Gasteiger partial charge in [-0.25, -0.2) is 4.39 Å². The molecule has 0 aliphatic carbocycles. The van der Waals surface area contributed by atoms with E-state index in [2.05, 4.69) is 0 Å². The minimum atomic E-state index is -0.629. The normalized spacial score (nSPS) is 15.2. The zero-order valence-electron chi connectivity index (χ0n) is 17.4. The SMILES string of the molecule is COc1ccc(C2c3c(oc4ccc(F)cc4c3=O)C(=O)N2CCc2ccccc2)cc1. The van der Waals surface area contributed by atoms with Gasteiger partial charge in [-0.2, -0.15) is 0 Å². The predicted molar refractivity (Wildman–Crippen MR) is 118 cm³/mol. The summed E-state index contributed by atoms with van der Waals surface area (Å²) in [5.74, 6) is -0.194. The van der Waals surface area contributed by atoms with Crippen LogP contribution in [-0.2, 0) is 6.42 Å². The molecule has 4 aromatic rings. The van der Waals surface area contributed by atoms with Crippen molar-refractivity contribution in [1.29, 1.82) is 0 Å². The van der Waals surface area contributed by atoms with Crippen LogP contribution >= 0.6 is 0 Å². The molecule has 1 amide bonds. The number of hydrogen-bond acceptors (Lipinski definition) is 4. The largest absolute Gasteiger partial charge is 0.497 e. The summed E-state index contributed by atoms with van der Waals surface area (Å²) >= 11 is 0. The number of carbonyl (C=O) groups excluding carboxylic acids is 1. The lowest BCUT2D eigenvalue weighted by molar-refractivity contribution is 0.0730. The number of amides is 1. The third kappa shape index (κ3) is 3.34. The molecule has 0 spiro atoms. The van der Waals surface area contributed by atoms with Crippen LogP contribution in [-0.4, -0.2) is 24.5 Å². The van der Waals surface area contributed by atoms with Crippen LogP contribution in [0.4, 0.5) is 4.39 Å². The van der Waals surface area contributed by atoms with Crippen molar-refractivity contribution in [1.82, 2.24) is 4.90 Å². The van der Waals surface area contributed by atoms with Gasteiger partial charge < -0.3 is 14.1 Å². The molecule has 5 rings (SSSR count). The second kappa shape index (κ2) is 7.96. The molecule has 0 N–H and O–H groups in total. The van der Waals surface area contributed by atoms with Crippen LogP contribution in [0.3, 0.4) is 0 Å². The van der Waals surface area contributed by atoms with Crippen molar-refractivity contribution in [3.63, 3.8) is 0 Å². The first-order chi connectivity index (χ1) is 15.6. The van der Waals surface area contributed by atoms with Gasteiger partial charge in [-0.15, -0.1) is 0 Å². The summed E-state index contributed by atoms with van der Waals surface area (Å²) in [5, 5.41) is 0.125. The van der Waals surface area contributed by atoms with E-state index in [1.54, 1.807) is 24.1 Å². The van der Waals surface area contributed by atoms with Crippen LogP contribution in [0.2, 0.25) is 0 Å². The number of rotatable bonds is 5. The van der Waals surface area contributed by atoms with Crippen molar-refractivity contribution >= 4 is 16.9 Å². The third-order valence-corrected chi connectivity index (χ3v) is 5.84. The number of benzene rings is 3. The zero-order chi connectivity index (χ0) is 22.2. The Morgan fingerprint density at radius 3 is 2.47 bits per heavy atom. The number of ether oxygens (including phenoxy) is 1. The quantitative estimate of drug-likeness (QED) is 0.460. The number of nitrogens with zero attached hydrogens (tertiary/aromatic N) is 1. The van der Waals surface area contributed by atoms with Gasteiger partial charge >= 0.3 is 0 Å². The van der Waals surface area contributed by atoms with E-state index in [4.69, 9.17) is 9.15 Å². The molecule has 1 aromatic heterocycles. The molecule has 160 valence electrons. The average molecular weight is 429 g/mol. The summed E-state index contributed by atoms with van der Waals surface area (Å²) in [5.41, 5.74) is 1.88. The standard InChI is InChI=1S/C26H20FNO4/c1-31-19-10-7-17(8-11-19)23-22-24(29)20-15-18(27)9-12-21(20)32-25(22)26(30)28(23)14-13-16-5-3-2-4-6-16/h2-12,15,23H,13-14H2,1H3. The highest BCUT2D eigenvalue weighted by Crippen LogP contribution is 2.38. The van der Waals surface area contributed by atoms with Gasteiger partial charge in [0.15, 0.2) is 5.43 Å². The van der Waals surface area contributed by atoms with E-state index in [0.29, 0.717) is 18.7 Å². The summed E-state index contributed by atoms with van der Waals surface area (Å²) in [7, 11) is 1.57. The van der Waals surface area contributed by atoms with Gasteiger partial charge in [0, 0.05) is 6.54 Å². The monoisotopic (exact) mass is 429 g/mol. The Balaban J connectivity index is 1.65. The van der Waals surface area contributed by atoms with Gasteiger partial charge in [0.25, 0.3) is 5.91 Å². The van der Waals surface area contributed by atoms with E-state index >= 15 is 0 Å². The molecule has 0 saturated carbocycles. The van der Waals surface area contributed by atoms with Gasteiger partial charge in [0.05, 0.1) is 24.1 Å². The Morgan fingerprint density at radius 2 is 1.75 bits per heavy atom. The maximum Gasteiger partial charge on any atom is 0.290 e. The van der Waals surface area contributed by atoms with Crippen LogP contribution in [0, 0.1) is 5.82 Å². The summed E-state index contributed by atoms with van der Waals surface area (Å²) in [6, 6.07) is 20.2. The van der Waals surface area contributed by atoms with E-state index in [9.17, 15) is 14.0 Å². The first kappa shape index (κ1) is 20.0. The molecule has 1 atom stereocenters. The Labute approximate surface area is 183 Å². The molecular formula is C26H20FNO4. The molecule has 0 bridgehead atoms. The lowest BCUT2D eigenvalue weighted by atomic mass is 9.98. The second-order valence-electron chi connectivity index (χ2n) is 7.72. The number of fused-ring (bicyclic) bond motifs is 2. The van der Waals surface area contributed by atoms with Crippen LogP contribution < -0.4 is 10.2 Å². The molecule has 5 nitrogen and oxygen atoms in total. The molecule has 3 aromatic carbocycles. The van der Waals surface area contributed by atoms with E-state index in [1.165, 1.54) is 12.1 Å². The summed E-state index contributed by atoms with van der Waals surface area (Å²) < 4.78 is 25.0. The Hall–Kier alpha value is -3.93. The van der Waals surface area contributed by atoms with E-state index < -0.39 is 17.3 Å². The molecule has 1 aliphatic rings. The smallest absolute Gasteiger partial charge is 0.290 e. The molecule has 32 heavy (non-hydrogen) atoms. The van der Waals surface area contributed by atoms with Crippen molar-refractivity contribution in [3.05, 3.63) is 111 Å². The minimum Gasteiger partial charge on any atom is -0.497 e. The van der Waals surface area contributed by atoms with Crippen molar-refractivity contribution in [2.75, 3.05) is 13.7 Å². The van der Waals surface area contributed by atoms with Gasteiger partial charge in [0.2, 0.25) is 5.76 Å². The molecule has 2 heterocycles. The van der Waals surface area contributed by atoms with E-state index in [1.807, 2.05) is 42.5 Å². The molecule has 1 unspecified atom stereocenters. The summed E-state index contributed by atoms with van der Waals surface area (Å²) in [6.07, 6.45) is 0.621. The molecule has 1 aliphatic heterocycles. The van der Waals surface area contributed by atoms with Gasteiger partial charge in [-0.05, 0) is 47.9 Å². The first-order valence-electron chi connectivity index (χ1n) is 10.3. The molecule has 0 saturated heterocycles. The number of carbonyl (C=O) groups is 1. The number of hydrogen-bond donors (Lipinski definition) is 0. The fourth-order valence-corrected chi connectivity index (χ4v) is 4.25. The van der Waals surface area contributed by atoms with Crippen molar-refractivity contribution in [2.45, 2.75) is 12.5 Å². The van der Waals surface area contributed by atoms with Crippen LogP contribution in [0.25, 0.3) is 11.0 Å². The van der Waals surface area contributed by atoms with E-state index in [0.717, 1.165) is 17.2 Å². The molecule has 6 heteroatoms. The fraction of sp³-hybridized carbons (Fsp3) is 0.154. The lowest BCUT2D eigenvalue weighted by Crippen LogP contribution is -2.31. The zero-order valence-corrected chi connectivity index (χ0v) is 17.4. The highest BCUT2D eigenvalue weighted by atomic mass is 19.1. The predicted octanol–water partition coefficient (Wildman–Crippen LogP) is 4.73. The van der Waals surface area contributed by atoms with Crippen molar-refractivity contribution in [3.8, 4) is 5.75 Å². The van der Waals surface area contributed by atoms with Crippen LogP contribution in [0.5, 0.6) is 5.75 Å². The Bertz CT molecular complexity index is 1360. The van der Waals surface area contributed by atoms with Crippen LogP contribution in [0.1, 0.15) is 33.3 Å². The summed E-state index contributed by atoms with van der Waals surface area (Å²) in [4.78, 5) is 28.4. The second-order valence-corrected chi connectivity index (χ2v) is 7.72.